The van der Waals surface area contributed by atoms with Crippen LogP contribution < -0.4 is 0 Å². The van der Waals surface area contributed by atoms with E-state index in [2.05, 4.69) is 47.2 Å². The van der Waals surface area contributed by atoms with Crippen molar-refractivity contribution in [2.75, 3.05) is 0 Å². The quantitative estimate of drug-likeness (QED) is 0.872. The number of nitrogens with zero attached hydrogens (tertiary/aromatic N) is 2. The number of imidazole rings is 1. The molecule has 3 nitrogen and oxygen atoms in total. The van der Waals surface area contributed by atoms with Gasteiger partial charge in [0.1, 0.15) is 5.82 Å². The molecule has 0 fully saturated rings. The van der Waals surface area contributed by atoms with Gasteiger partial charge in [-0.25, -0.2) is 4.98 Å². The molecule has 0 amide bonds. The monoisotopic (exact) mass is 225 g/mol. The van der Waals surface area contributed by atoms with E-state index in [1.165, 1.54) is 5.56 Å². The van der Waals surface area contributed by atoms with Crippen molar-refractivity contribution in [2.45, 2.75) is 26.7 Å². The molecule has 0 aliphatic rings. The highest BCUT2D eigenvalue weighted by molar-refractivity contribution is 5.62. The molecular formula is C14H15N3. The van der Waals surface area contributed by atoms with E-state index in [1.807, 2.05) is 6.92 Å². The molecule has 86 valence electrons. The Hall–Kier alpha value is -2.08. The van der Waals surface area contributed by atoms with Crippen LogP contribution in [0.1, 0.15) is 23.5 Å². The summed E-state index contributed by atoms with van der Waals surface area (Å²) in [5.74, 6) is 0.889. The Kier molecular flexibility index (Phi) is 3.24. The molecule has 1 heterocycles. The maximum atomic E-state index is 8.56. The third-order valence-corrected chi connectivity index (χ3v) is 2.73. The third kappa shape index (κ3) is 2.54. The fraction of sp³-hybridized carbons (Fsp3) is 0.286. The highest BCUT2D eigenvalue weighted by atomic mass is 14.9. The van der Waals surface area contributed by atoms with Crippen LogP contribution in [-0.4, -0.2) is 9.97 Å². The summed E-state index contributed by atoms with van der Waals surface area (Å²) in [4.78, 5) is 7.77. The Balaban J connectivity index is 2.30. The van der Waals surface area contributed by atoms with Crippen molar-refractivity contribution in [3.63, 3.8) is 0 Å². The van der Waals surface area contributed by atoms with Crippen LogP contribution in [0, 0.1) is 25.2 Å². The van der Waals surface area contributed by atoms with Gasteiger partial charge in [-0.05, 0) is 13.8 Å². The molecule has 0 saturated heterocycles. The zero-order chi connectivity index (χ0) is 12.3. The van der Waals surface area contributed by atoms with Crippen molar-refractivity contribution in [3.8, 4) is 17.3 Å². The van der Waals surface area contributed by atoms with Crippen LogP contribution in [0.2, 0.25) is 0 Å². The van der Waals surface area contributed by atoms with Gasteiger partial charge in [-0.2, -0.15) is 5.26 Å². The number of rotatable bonds is 3. The van der Waals surface area contributed by atoms with E-state index >= 15 is 0 Å². The van der Waals surface area contributed by atoms with Crippen molar-refractivity contribution in [3.05, 3.63) is 41.3 Å². The molecule has 0 spiro atoms. The van der Waals surface area contributed by atoms with Crippen molar-refractivity contribution in [2.24, 2.45) is 0 Å². The van der Waals surface area contributed by atoms with Crippen LogP contribution in [0.3, 0.4) is 0 Å². The second-order valence-corrected chi connectivity index (χ2v) is 4.18. The van der Waals surface area contributed by atoms with Crippen LogP contribution in [-0.2, 0) is 6.42 Å². The lowest BCUT2D eigenvalue weighted by atomic mass is 10.1. The number of aromatic amines is 1. The molecule has 17 heavy (non-hydrogen) atoms. The summed E-state index contributed by atoms with van der Waals surface area (Å²) < 4.78 is 0. The fourth-order valence-corrected chi connectivity index (χ4v) is 1.81. The third-order valence-electron chi connectivity index (χ3n) is 2.73. The first-order valence-electron chi connectivity index (χ1n) is 5.70. The SMILES string of the molecule is Cc1ccc(-c2nc(CCC#N)[nH]c2C)cc1. The number of aryl methyl sites for hydroxylation is 3. The van der Waals surface area contributed by atoms with Crippen molar-refractivity contribution >= 4 is 0 Å². The van der Waals surface area contributed by atoms with E-state index < -0.39 is 0 Å². The second-order valence-electron chi connectivity index (χ2n) is 4.18. The first-order chi connectivity index (χ1) is 8.20. The van der Waals surface area contributed by atoms with Gasteiger partial charge in [-0.15, -0.1) is 0 Å². The largest absolute Gasteiger partial charge is 0.346 e. The summed E-state index contributed by atoms with van der Waals surface area (Å²) in [6.45, 7) is 4.08. The summed E-state index contributed by atoms with van der Waals surface area (Å²) in [5, 5.41) is 8.56. The standard InChI is InChI=1S/C14H15N3/c1-10-5-7-12(8-6-10)14-11(2)16-13(17-14)4-3-9-15/h5-8H,3-4H2,1-2H3,(H,16,17). The number of aromatic nitrogens is 2. The maximum absolute atomic E-state index is 8.56. The molecule has 0 bridgehead atoms. The minimum absolute atomic E-state index is 0.500. The second kappa shape index (κ2) is 4.84. The Morgan fingerprint density at radius 3 is 2.59 bits per heavy atom. The van der Waals surface area contributed by atoms with Crippen LogP contribution >= 0.6 is 0 Å². The topological polar surface area (TPSA) is 52.5 Å². The molecule has 2 rings (SSSR count). The van der Waals surface area contributed by atoms with Crippen LogP contribution in [0.5, 0.6) is 0 Å². The van der Waals surface area contributed by atoms with Gasteiger partial charge in [0.15, 0.2) is 0 Å². The Morgan fingerprint density at radius 1 is 1.24 bits per heavy atom. The molecule has 2 aromatic rings. The van der Waals surface area contributed by atoms with Crippen LogP contribution in [0.25, 0.3) is 11.3 Å². The summed E-state index contributed by atoms with van der Waals surface area (Å²) in [6.07, 6.45) is 1.18. The van der Waals surface area contributed by atoms with Gasteiger partial charge in [0.2, 0.25) is 0 Å². The van der Waals surface area contributed by atoms with Crippen molar-refractivity contribution in [1.29, 1.82) is 5.26 Å². The first kappa shape index (κ1) is 11.4. The highest BCUT2D eigenvalue weighted by Gasteiger charge is 2.08. The zero-order valence-corrected chi connectivity index (χ0v) is 10.1. The Bertz CT molecular complexity index is 544. The Labute approximate surface area is 101 Å². The fourth-order valence-electron chi connectivity index (χ4n) is 1.81. The molecule has 0 atom stereocenters. The number of hydrogen-bond acceptors (Lipinski definition) is 2. The molecule has 1 aromatic heterocycles. The van der Waals surface area contributed by atoms with Gasteiger partial charge in [-0.3, -0.25) is 0 Å². The number of hydrogen-bond donors (Lipinski definition) is 1. The lowest BCUT2D eigenvalue weighted by Crippen LogP contribution is -1.86. The molecule has 3 heteroatoms. The predicted octanol–water partition coefficient (Wildman–Crippen LogP) is 3.15. The molecule has 1 aromatic carbocycles. The van der Waals surface area contributed by atoms with Crippen LogP contribution in [0.15, 0.2) is 24.3 Å². The summed E-state index contributed by atoms with van der Waals surface area (Å²) >= 11 is 0. The zero-order valence-electron chi connectivity index (χ0n) is 10.1. The maximum Gasteiger partial charge on any atom is 0.108 e. The number of benzene rings is 1. The average Bonchev–Trinajstić information content (AvgIpc) is 2.69. The van der Waals surface area contributed by atoms with Gasteiger partial charge in [0.25, 0.3) is 0 Å². The predicted molar refractivity (Wildman–Crippen MR) is 67.4 cm³/mol. The summed E-state index contributed by atoms with van der Waals surface area (Å²) in [6, 6.07) is 10.4. The molecule has 0 saturated carbocycles. The van der Waals surface area contributed by atoms with E-state index in [0.717, 1.165) is 22.8 Å². The van der Waals surface area contributed by atoms with Gasteiger partial charge in [-0.1, -0.05) is 29.8 Å². The molecule has 0 unspecified atom stereocenters. The lowest BCUT2D eigenvalue weighted by molar-refractivity contribution is 0.913. The van der Waals surface area contributed by atoms with Gasteiger partial charge < -0.3 is 4.98 Å². The van der Waals surface area contributed by atoms with E-state index in [1.54, 1.807) is 0 Å². The molecule has 0 aliphatic carbocycles. The van der Waals surface area contributed by atoms with Crippen molar-refractivity contribution in [1.82, 2.24) is 9.97 Å². The van der Waals surface area contributed by atoms with Crippen molar-refractivity contribution < 1.29 is 0 Å². The number of H-pyrrole nitrogens is 1. The molecule has 1 N–H and O–H groups in total. The minimum atomic E-state index is 0.500. The van der Waals surface area contributed by atoms with E-state index in [9.17, 15) is 0 Å². The highest BCUT2D eigenvalue weighted by Crippen LogP contribution is 2.21. The molecular weight excluding hydrogens is 210 g/mol. The summed E-state index contributed by atoms with van der Waals surface area (Å²) in [5.41, 5.74) is 4.40. The first-order valence-corrected chi connectivity index (χ1v) is 5.70. The lowest BCUT2D eigenvalue weighted by Gasteiger charge is -1.98. The number of nitrogens with one attached hydrogen (secondary N) is 1. The van der Waals surface area contributed by atoms with Gasteiger partial charge >= 0.3 is 0 Å². The minimum Gasteiger partial charge on any atom is -0.346 e. The van der Waals surface area contributed by atoms with E-state index in [4.69, 9.17) is 5.26 Å². The number of nitriles is 1. The molecule has 0 radical (unpaired) electrons. The van der Waals surface area contributed by atoms with Gasteiger partial charge in [0, 0.05) is 24.1 Å². The van der Waals surface area contributed by atoms with Gasteiger partial charge in [0.05, 0.1) is 11.8 Å². The molecule has 0 aliphatic heterocycles. The Morgan fingerprint density at radius 2 is 1.94 bits per heavy atom. The van der Waals surface area contributed by atoms with E-state index in [0.29, 0.717) is 12.8 Å². The average molecular weight is 225 g/mol. The smallest absolute Gasteiger partial charge is 0.108 e. The summed E-state index contributed by atoms with van der Waals surface area (Å²) in [7, 11) is 0. The normalized spacial score (nSPS) is 10.2. The van der Waals surface area contributed by atoms with Crippen LogP contribution in [0.4, 0.5) is 0 Å². The van der Waals surface area contributed by atoms with E-state index in [-0.39, 0.29) is 0 Å².